The summed E-state index contributed by atoms with van der Waals surface area (Å²) >= 11 is 0. The van der Waals surface area contributed by atoms with Crippen LogP contribution in [0, 0.1) is 0 Å². The van der Waals surface area contributed by atoms with Crippen LogP contribution in [0.25, 0.3) is 0 Å². The van der Waals surface area contributed by atoms with Gasteiger partial charge in [-0.1, -0.05) is 53.7 Å². The van der Waals surface area contributed by atoms with E-state index in [1.54, 1.807) is 0 Å². The van der Waals surface area contributed by atoms with E-state index in [9.17, 15) is 0 Å². The van der Waals surface area contributed by atoms with Crippen molar-refractivity contribution in [2.45, 2.75) is 12.5 Å². The van der Waals surface area contributed by atoms with Crippen molar-refractivity contribution in [2.24, 2.45) is 5.16 Å². The van der Waals surface area contributed by atoms with Crippen LogP contribution in [-0.2, 0) is 4.84 Å². The third-order valence-corrected chi connectivity index (χ3v) is 4.80. The van der Waals surface area contributed by atoms with E-state index in [2.05, 4.69) is 57.4 Å². The van der Waals surface area contributed by atoms with E-state index < -0.39 is 0 Å². The lowest BCUT2D eigenvalue weighted by molar-refractivity contribution is 0.0510. The number of hydrogen-bond acceptors (Lipinski definition) is 4. The van der Waals surface area contributed by atoms with Crippen LogP contribution < -0.4 is 4.90 Å². The zero-order valence-corrected chi connectivity index (χ0v) is 13.8. The van der Waals surface area contributed by atoms with Gasteiger partial charge in [-0.2, -0.15) is 0 Å². The van der Waals surface area contributed by atoms with Crippen molar-refractivity contribution in [3.05, 3.63) is 66.2 Å². The maximum atomic E-state index is 5.67. The molecule has 1 unspecified atom stereocenters. The molecule has 2 aliphatic rings. The normalized spacial score (nSPS) is 21.4. The average Bonchev–Trinajstić information content (AvgIpc) is 3.12. The number of hydrogen-bond donors (Lipinski definition) is 0. The highest BCUT2D eigenvalue weighted by molar-refractivity contribution is 6.01. The smallest absolute Gasteiger partial charge is 0.145 e. The summed E-state index contributed by atoms with van der Waals surface area (Å²) in [5.74, 6) is 0. The highest BCUT2D eigenvalue weighted by Crippen LogP contribution is 2.19. The van der Waals surface area contributed by atoms with E-state index in [0.717, 1.165) is 44.9 Å². The van der Waals surface area contributed by atoms with Crippen LogP contribution in [-0.4, -0.2) is 49.4 Å². The zero-order chi connectivity index (χ0) is 16.2. The Bertz CT molecular complexity index is 679. The van der Waals surface area contributed by atoms with Crippen molar-refractivity contribution in [2.75, 3.05) is 37.6 Å². The standard InChI is InChI=1S/C20H23N3O/c1-3-7-17(8-4-1)20-15-19(24-21-20)16-22-11-13-23(14-12-22)18-9-5-2-6-10-18/h1-10,19H,11-16H2. The van der Waals surface area contributed by atoms with Crippen LogP contribution in [0.15, 0.2) is 65.8 Å². The molecule has 0 N–H and O–H groups in total. The molecular formula is C20H23N3O. The molecule has 2 heterocycles. The van der Waals surface area contributed by atoms with E-state index in [4.69, 9.17) is 4.84 Å². The number of piperazine rings is 1. The van der Waals surface area contributed by atoms with Gasteiger partial charge in [0.15, 0.2) is 0 Å². The first kappa shape index (κ1) is 15.2. The molecule has 24 heavy (non-hydrogen) atoms. The van der Waals surface area contributed by atoms with E-state index in [1.165, 1.54) is 11.3 Å². The maximum Gasteiger partial charge on any atom is 0.145 e. The average molecular weight is 321 g/mol. The lowest BCUT2D eigenvalue weighted by Crippen LogP contribution is -2.48. The van der Waals surface area contributed by atoms with E-state index >= 15 is 0 Å². The minimum absolute atomic E-state index is 0.184. The predicted octanol–water partition coefficient (Wildman–Crippen LogP) is 3.00. The van der Waals surface area contributed by atoms with Gasteiger partial charge in [-0.15, -0.1) is 0 Å². The highest BCUT2D eigenvalue weighted by atomic mass is 16.6. The van der Waals surface area contributed by atoms with Crippen molar-refractivity contribution in [3.8, 4) is 0 Å². The molecule has 1 fully saturated rings. The van der Waals surface area contributed by atoms with Crippen molar-refractivity contribution in [1.82, 2.24) is 4.90 Å². The molecule has 0 aromatic heterocycles. The fourth-order valence-electron chi connectivity index (χ4n) is 3.44. The molecule has 0 saturated carbocycles. The molecule has 2 aromatic rings. The minimum Gasteiger partial charge on any atom is -0.390 e. The Morgan fingerprint density at radius 1 is 0.875 bits per heavy atom. The number of oxime groups is 1. The van der Waals surface area contributed by atoms with Gasteiger partial charge >= 0.3 is 0 Å². The number of rotatable bonds is 4. The summed E-state index contributed by atoms with van der Waals surface area (Å²) in [6.07, 6.45) is 1.09. The molecule has 4 rings (SSSR count). The summed E-state index contributed by atoms with van der Waals surface area (Å²) in [6.45, 7) is 5.26. The molecule has 0 amide bonds. The Balaban J connectivity index is 1.27. The largest absolute Gasteiger partial charge is 0.390 e. The minimum atomic E-state index is 0.184. The number of nitrogens with zero attached hydrogens (tertiary/aromatic N) is 3. The molecule has 1 saturated heterocycles. The topological polar surface area (TPSA) is 28.1 Å². The van der Waals surface area contributed by atoms with Gasteiger partial charge in [0.05, 0.1) is 5.71 Å². The van der Waals surface area contributed by atoms with Gasteiger partial charge in [0.2, 0.25) is 0 Å². The maximum absolute atomic E-state index is 5.67. The summed E-state index contributed by atoms with van der Waals surface area (Å²) in [6, 6.07) is 21.0. The monoisotopic (exact) mass is 321 g/mol. The second-order valence-corrected chi connectivity index (χ2v) is 6.46. The summed E-state index contributed by atoms with van der Waals surface area (Å²) in [5.41, 5.74) is 3.57. The molecule has 0 bridgehead atoms. The number of benzene rings is 2. The summed E-state index contributed by atoms with van der Waals surface area (Å²) < 4.78 is 0. The summed E-state index contributed by atoms with van der Waals surface area (Å²) in [4.78, 5) is 10.6. The molecule has 2 aromatic carbocycles. The van der Waals surface area contributed by atoms with Gasteiger partial charge in [0.25, 0.3) is 0 Å². The Morgan fingerprint density at radius 3 is 2.25 bits per heavy atom. The second kappa shape index (κ2) is 7.05. The highest BCUT2D eigenvalue weighted by Gasteiger charge is 2.26. The van der Waals surface area contributed by atoms with Crippen LogP contribution in [0.4, 0.5) is 5.69 Å². The molecule has 0 aliphatic carbocycles. The zero-order valence-electron chi connectivity index (χ0n) is 13.8. The fraction of sp³-hybridized carbons (Fsp3) is 0.350. The Kier molecular flexibility index (Phi) is 4.47. The molecule has 1 atom stereocenters. The Morgan fingerprint density at radius 2 is 1.54 bits per heavy atom. The number of anilines is 1. The molecule has 124 valence electrons. The van der Waals surface area contributed by atoms with Crippen molar-refractivity contribution in [3.63, 3.8) is 0 Å². The van der Waals surface area contributed by atoms with Gasteiger partial charge in [0, 0.05) is 44.8 Å². The summed E-state index contributed by atoms with van der Waals surface area (Å²) in [7, 11) is 0. The van der Waals surface area contributed by atoms with Crippen molar-refractivity contribution in [1.29, 1.82) is 0 Å². The van der Waals surface area contributed by atoms with Gasteiger partial charge in [-0.05, 0) is 17.7 Å². The van der Waals surface area contributed by atoms with Crippen LogP contribution in [0.2, 0.25) is 0 Å². The fourth-order valence-corrected chi connectivity index (χ4v) is 3.44. The second-order valence-electron chi connectivity index (χ2n) is 6.46. The molecular weight excluding hydrogens is 298 g/mol. The molecule has 4 nitrogen and oxygen atoms in total. The third kappa shape index (κ3) is 3.44. The van der Waals surface area contributed by atoms with Crippen LogP contribution in [0.5, 0.6) is 0 Å². The van der Waals surface area contributed by atoms with Crippen LogP contribution in [0.1, 0.15) is 12.0 Å². The lowest BCUT2D eigenvalue weighted by Gasteiger charge is -2.36. The van der Waals surface area contributed by atoms with Crippen LogP contribution in [0.3, 0.4) is 0 Å². The quantitative estimate of drug-likeness (QED) is 0.866. The summed E-state index contributed by atoms with van der Waals surface area (Å²) in [5, 5.41) is 4.29. The van der Waals surface area contributed by atoms with Gasteiger partial charge in [0.1, 0.15) is 6.10 Å². The molecule has 2 aliphatic heterocycles. The lowest BCUT2D eigenvalue weighted by atomic mass is 10.0. The Labute approximate surface area is 143 Å². The number of para-hydroxylation sites is 1. The van der Waals surface area contributed by atoms with Crippen molar-refractivity contribution >= 4 is 11.4 Å². The van der Waals surface area contributed by atoms with Crippen molar-refractivity contribution < 1.29 is 4.84 Å². The first-order valence-corrected chi connectivity index (χ1v) is 8.69. The van der Waals surface area contributed by atoms with E-state index in [0.29, 0.717) is 0 Å². The van der Waals surface area contributed by atoms with E-state index in [1.807, 2.05) is 18.2 Å². The predicted molar refractivity (Wildman–Crippen MR) is 97.6 cm³/mol. The van der Waals surface area contributed by atoms with E-state index in [-0.39, 0.29) is 6.10 Å². The SMILES string of the molecule is c1ccc(C2=NOC(CN3CCN(c4ccccc4)CC3)C2)cc1. The van der Waals surface area contributed by atoms with Gasteiger partial charge in [-0.3, -0.25) is 4.90 Å². The molecule has 0 spiro atoms. The Hall–Kier alpha value is -2.33. The van der Waals surface area contributed by atoms with Crippen LogP contribution >= 0.6 is 0 Å². The van der Waals surface area contributed by atoms with Gasteiger partial charge < -0.3 is 9.74 Å². The van der Waals surface area contributed by atoms with Gasteiger partial charge in [-0.25, -0.2) is 0 Å². The third-order valence-electron chi connectivity index (χ3n) is 4.80. The molecule has 4 heteroatoms. The first-order chi connectivity index (χ1) is 11.9. The first-order valence-electron chi connectivity index (χ1n) is 8.69. The molecule has 0 radical (unpaired) electrons.